The summed E-state index contributed by atoms with van der Waals surface area (Å²) in [4.78, 5) is 11.2. The minimum absolute atomic E-state index is 0.288. The van der Waals surface area contributed by atoms with Gasteiger partial charge >= 0.3 is 5.97 Å². The standard InChI is InChI=1S/C11H13NO3/c1-7-6-8(2-3-9(7)12)15-10-4-5-14-11(10)13/h2-3,6,10H,4-5,12H2,1H3/t10-/m0/s1. The fourth-order valence-corrected chi connectivity index (χ4v) is 1.47. The van der Waals surface area contributed by atoms with Gasteiger partial charge in [0.25, 0.3) is 0 Å². The van der Waals surface area contributed by atoms with Crippen molar-refractivity contribution in [3.05, 3.63) is 23.8 Å². The first kappa shape index (κ1) is 9.83. The smallest absolute Gasteiger partial charge is 0.347 e. The molecular formula is C11H13NO3. The second kappa shape index (κ2) is 3.81. The van der Waals surface area contributed by atoms with Gasteiger partial charge < -0.3 is 15.2 Å². The van der Waals surface area contributed by atoms with Crippen molar-refractivity contribution in [3.63, 3.8) is 0 Å². The van der Waals surface area contributed by atoms with Crippen LogP contribution in [-0.2, 0) is 9.53 Å². The van der Waals surface area contributed by atoms with Crippen LogP contribution < -0.4 is 10.5 Å². The molecule has 2 N–H and O–H groups in total. The summed E-state index contributed by atoms with van der Waals surface area (Å²) in [6, 6.07) is 5.35. The van der Waals surface area contributed by atoms with Gasteiger partial charge in [0, 0.05) is 12.1 Å². The molecule has 1 atom stereocenters. The number of hydrogen-bond acceptors (Lipinski definition) is 4. The lowest BCUT2D eigenvalue weighted by molar-refractivity contribution is -0.143. The van der Waals surface area contributed by atoms with E-state index in [1.54, 1.807) is 12.1 Å². The molecule has 1 aromatic carbocycles. The van der Waals surface area contributed by atoms with Crippen LogP contribution in [0.5, 0.6) is 5.75 Å². The number of aryl methyl sites for hydroxylation is 1. The monoisotopic (exact) mass is 207 g/mol. The minimum atomic E-state index is -0.465. The maximum atomic E-state index is 11.2. The lowest BCUT2D eigenvalue weighted by atomic mass is 10.2. The quantitative estimate of drug-likeness (QED) is 0.586. The summed E-state index contributed by atoms with van der Waals surface area (Å²) in [5.74, 6) is 0.370. The molecule has 4 nitrogen and oxygen atoms in total. The summed E-state index contributed by atoms with van der Waals surface area (Å²) < 4.78 is 10.3. The number of benzene rings is 1. The zero-order valence-corrected chi connectivity index (χ0v) is 8.53. The van der Waals surface area contributed by atoms with Crippen molar-refractivity contribution in [2.75, 3.05) is 12.3 Å². The van der Waals surface area contributed by atoms with Crippen molar-refractivity contribution in [3.8, 4) is 5.75 Å². The highest BCUT2D eigenvalue weighted by Crippen LogP contribution is 2.22. The molecule has 0 bridgehead atoms. The van der Waals surface area contributed by atoms with Crippen molar-refractivity contribution in [2.24, 2.45) is 0 Å². The zero-order chi connectivity index (χ0) is 10.8. The van der Waals surface area contributed by atoms with E-state index < -0.39 is 6.10 Å². The SMILES string of the molecule is Cc1cc(O[C@H]2CCOC2=O)ccc1N. The van der Waals surface area contributed by atoms with Gasteiger partial charge in [0.2, 0.25) is 0 Å². The Kier molecular flexibility index (Phi) is 2.49. The predicted octanol–water partition coefficient (Wildman–Crippen LogP) is 1.27. The van der Waals surface area contributed by atoms with Crippen LogP contribution in [0.2, 0.25) is 0 Å². The molecule has 1 heterocycles. The fourth-order valence-electron chi connectivity index (χ4n) is 1.47. The molecule has 0 aromatic heterocycles. The zero-order valence-electron chi connectivity index (χ0n) is 8.53. The largest absolute Gasteiger partial charge is 0.479 e. The third-order valence-corrected chi connectivity index (χ3v) is 2.41. The Morgan fingerprint density at radius 3 is 2.93 bits per heavy atom. The highest BCUT2D eigenvalue weighted by Gasteiger charge is 2.28. The summed E-state index contributed by atoms with van der Waals surface area (Å²) in [5, 5.41) is 0. The van der Waals surface area contributed by atoms with E-state index in [1.165, 1.54) is 0 Å². The third kappa shape index (κ3) is 2.03. The van der Waals surface area contributed by atoms with Crippen LogP contribution in [-0.4, -0.2) is 18.7 Å². The summed E-state index contributed by atoms with van der Waals surface area (Å²) in [5.41, 5.74) is 7.34. The molecule has 0 saturated carbocycles. The van der Waals surface area contributed by atoms with Gasteiger partial charge in [0.05, 0.1) is 6.61 Å². The molecule has 0 spiro atoms. The number of rotatable bonds is 2. The summed E-state index contributed by atoms with van der Waals surface area (Å²) in [6.07, 6.45) is 0.149. The van der Waals surface area contributed by atoms with Gasteiger partial charge in [-0.1, -0.05) is 0 Å². The van der Waals surface area contributed by atoms with Gasteiger partial charge in [-0.15, -0.1) is 0 Å². The Labute approximate surface area is 88.0 Å². The summed E-state index contributed by atoms with van der Waals surface area (Å²) in [7, 11) is 0. The van der Waals surface area contributed by atoms with Gasteiger partial charge in [0.1, 0.15) is 5.75 Å². The Morgan fingerprint density at radius 2 is 2.33 bits per heavy atom. The van der Waals surface area contributed by atoms with Gasteiger partial charge in [0.15, 0.2) is 6.10 Å². The molecule has 80 valence electrons. The Hall–Kier alpha value is -1.71. The third-order valence-electron chi connectivity index (χ3n) is 2.41. The second-order valence-corrected chi connectivity index (χ2v) is 3.58. The molecule has 0 aliphatic carbocycles. The van der Waals surface area contributed by atoms with Crippen molar-refractivity contribution < 1.29 is 14.3 Å². The van der Waals surface area contributed by atoms with Crippen LogP contribution in [0.15, 0.2) is 18.2 Å². The highest BCUT2D eigenvalue weighted by molar-refractivity contribution is 5.76. The van der Waals surface area contributed by atoms with E-state index in [1.807, 2.05) is 13.0 Å². The van der Waals surface area contributed by atoms with Crippen LogP contribution >= 0.6 is 0 Å². The Morgan fingerprint density at radius 1 is 1.53 bits per heavy atom. The maximum absolute atomic E-state index is 11.2. The number of carbonyl (C=O) groups excluding carboxylic acids is 1. The molecule has 1 fully saturated rings. The molecule has 4 heteroatoms. The number of esters is 1. The van der Waals surface area contributed by atoms with Crippen molar-refractivity contribution in [2.45, 2.75) is 19.4 Å². The highest BCUT2D eigenvalue weighted by atomic mass is 16.6. The summed E-state index contributed by atoms with van der Waals surface area (Å²) >= 11 is 0. The van der Waals surface area contributed by atoms with Crippen molar-refractivity contribution in [1.82, 2.24) is 0 Å². The first-order valence-corrected chi connectivity index (χ1v) is 4.86. The van der Waals surface area contributed by atoms with E-state index in [9.17, 15) is 4.79 Å². The van der Waals surface area contributed by atoms with E-state index >= 15 is 0 Å². The summed E-state index contributed by atoms with van der Waals surface area (Å²) in [6.45, 7) is 2.34. The molecule has 0 amide bonds. The molecule has 15 heavy (non-hydrogen) atoms. The van der Waals surface area contributed by atoms with Gasteiger partial charge in [-0.25, -0.2) is 4.79 Å². The number of ether oxygens (including phenoxy) is 2. The average Bonchev–Trinajstić information content (AvgIpc) is 2.59. The van der Waals surface area contributed by atoms with Crippen LogP contribution in [0.1, 0.15) is 12.0 Å². The van der Waals surface area contributed by atoms with Crippen LogP contribution in [0, 0.1) is 6.92 Å². The first-order chi connectivity index (χ1) is 7.16. The lowest BCUT2D eigenvalue weighted by Gasteiger charge is -2.11. The van der Waals surface area contributed by atoms with Gasteiger partial charge in [-0.2, -0.15) is 0 Å². The Bertz CT molecular complexity index is 389. The average molecular weight is 207 g/mol. The molecule has 1 aromatic rings. The molecule has 1 aliphatic rings. The fraction of sp³-hybridized carbons (Fsp3) is 0.364. The lowest BCUT2D eigenvalue weighted by Crippen LogP contribution is -2.21. The molecule has 2 rings (SSSR count). The van der Waals surface area contributed by atoms with E-state index in [2.05, 4.69) is 0 Å². The van der Waals surface area contributed by atoms with Crippen molar-refractivity contribution >= 4 is 11.7 Å². The van der Waals surface area contributed by atoms with E-state index in [0.29, 0.717) is 18.8 Å². The molecule has 0 unspecified atom stereocenters. The number of nitrogens with two attached hydrogens (primary N) is 1. The maximum Gasteiger partial charge on any atom is 0.347 e. The van der Waals surface area contributed by atoms with Gasteiger partial charge in [-0.3, -0.25) is 0 Å². The molecule has 1 saturated heterocycles. The number of carbonyl (C=O) groups is 1. The number of cyclic esters (lactones) is 1. The van der Waals surface area contributed by atoms with Crippen LogP contribution in [0.25, 0.3) is 0 Å². The second-order valence-electron chi connectivity index (χ2n) is 3.58. The molecule has 0 radical (unpaired) electrons. The van der Waals surface area contributed by atoms with Crippen LogP contribution in [0.4, 0.5) is 5.69 Å². The molecular weight excluding hydrogens is 194 g/mol. The number of anilines is 1. The van der Waals surface area contributed by atoms with E-state index in [-0.39, 0.29) is 5.97 Å². The van der Waals surface area contributed by atoms with Gasteiger partial charge in [-0.05, 0) is 30.7 Å². The normalized spacial score (nSPS) is 20.1. The molecule has 1 aliphatic heterocycles. The van der Waals surface area contributed by atoms with Crippen LogP contribution in [0.3, 0.4) is 0 Å². The number of nitrogen functional groups attached to an aromatic ring is 1. The first-order valence-electron chi connectivity index (χ1n) is 4.86. The van der Waals surface area contributed by atoms with E-state index in [0.717, 1.165) is 11.3 Å². The predicted molar refractivity (Wildman–Crippen MR) is 55.6 cm³/mol. The van der Waals surface area contributed by atoms with E-state index in [4.69, 9.17) is 15.2 Å². The number of hydrogen-bond donors (Lipinski definition) is 1. The van der Waals surface area contributed by atoms with Crippen molar-refractivity contribution in [1.29, 1.82) is 0 Å². The topological polar surface area (TPSA) is 61.5 Å². The Balaban J connectivity index is 2.10. The minimum Gasteiger partial charge on any atom is -0.479 e.